The highest BCUT2D eigenvalue weighted by Gasteiger charge is 2.13. The Bertz CT molecular complexity index is 383. The van der Waals surface area contributed by atoms with Gasteiger partial charge in [0.2, 0.25) is 0 Å². The van der Waals surface area contributed by atoms with Crippen molar-refractivity contribution in [2.45, 2.75) is 33.7 Å². The molecule has 0 radical (unpaired) electrons. The normalized spacial score (nSPS) is 11.3. The van der Waals surface area contributed by atoms with Gasteiger partial charge in [0, 0.05) is 12.7 Å². The Morgan fingerprint density at radius 2 is 2.18 bits per heavy atom. The average Bonchev–Trinajstić information content (AvgIpc) is 2.27. The quantitative estimate of drug-likeness (QED) is 0.813. The van der Waals surface area contributed by atoms with Crippen molar-refractivity contribution in [3.8, 4) is 0 Å². The van der Waals surface area contributed by atoms with Crippen molar-refractivity contribution in [2.24, 2.45) is 11.1 Å². The second-order valence-corrected chi connectivity index (χ2v) is 5.19. The minimum atomic E-state index is -0.314. The summed E-state index contributed by atoms with van der Waals surface area (Å²) in [4.78, 5) is 15.7. The number of pyridine rings is 1. The molecular weight excluding hydrogens is 216 g/mol. The van der Waals surface area contributed by atoms with Gasteiger partial charge >= 0.3 is 5.97 Å². The lowest BCUT2D eigenvalue weighted by atomic mass is 9.93. The second-order valence-electron chi connectivity index (χ2n) is 5.19. The largest absolute Gasteiger partial charge is 0.462 e. The van der Waals surface area contributed by atoms with Gasteiger partial charge in [-0.15, -0.1) is 0 Å². The topological polar surface area (TPSA) is 65.2 Å². The summed E-state index contributed by atoms with van der Waals surface area (Å²) in [5, 5.41) is 0. The van der Waals surface area contributed by atoms with E-state index >= 15 is 0 Å². The summed E-state index contributed by atoms with van der Waals surface area (Å²) >= 11 is 0. The van der Waals surface area contributed by atoms with Crippen LogP contribution in [0, 0.1) is 5.41 Å². The predicted octanol–water partition coefficient (Wildman–Crippen LogP) is 2.13. The van der Waals surface area contributed by atoms with Crippen molar-refractivity contribution in [3.05, 3.63) is 29.6 Å². The van der Waals surface area contributed by atoms with E-state index in [-0.39, 0.29) is 11.4 Å². The first-order chi connectivity index (χ1) is 7.92. The van der Waals surface area contributed by atoms with E-state index in [0.29, 0.717) is 24.4 Å². The van der Waals surface area contributed by atoms with E-state index in [0.717, 1.165) is 6.42 Å². The number of ether oxygens (including phenoxy) is 1. The van der Waals surface area contributed by atoms with Gasteiger partial charge in [-0.3, -0.25) is 4.98 Å². The number of esters is 1. The van der Waals surface area contributed by atoms with Gasteiger partial charge in [-0.25, -0.2) is 4.79 Å². The Balaban J connectivity index is 2.52. The molecule has 0 bridgehead atoms. The molecule has 1 aromatic heterocycles. The van der Waals surface area contributed by atoms with Crippen LogP contribution < -0.4 is 5.73 Å². The van der Waals surface area contributed by atoms with E-state index < -0.39 is 0 Å². The number of hydrogen-bond donors (Lipinski definition) is 1. The van der Waals surface area contributed by atoms with E-state index in [9.17, 15) is 4.79 Å². The van der Waals surface area contributed by atoms with Gasteiger partial charge in [0.25, 0.3) is 0 Å². The van der Waals surface area contributed by atoms with Crippen molar-refractivity contribution in [3.63, 3.8) is 0 Å². The fraction of sp³-hybridized carbons (Fsp3) is 0.538. The molecule has 1 aromatic rings. The highest BCUT2D eigenvalue weighted by atomic mass is 16.5. The van der Waals surface area contributed by atoms with Gasteiger partial charge in [0.1, 0.15) is 0 Å². The predicted molar refractivity (Wildman–Crippen MR) is 66.5 cm³/mol. The van der Waals surface area contributed by atoms with Crippen LogP contribution in [-0.2, 0) is 11.3 Å². The van der Waals surface area contributed by atoms with Crippen LogP contribution in [0.5, 0.6) is 0 Å². The fourth-order valence-electron chi connectivity index (χ4n) is 1.25. The number of carbonyl (C=O) groups is 1. The number of nitrogens with zero attached hydrogens (tertiary/aromatic N) is 1. The third-order valence-corrected chi connectivity index (χ3v) is 2.35. The average molecular weight is 236 g/mol. The summed E-state index contributed by atoms with van der Waals surface area (Å²) in [5.41, 5.74) is 6.83. The monoisotopic (exact) mass is 236 g/mol. The van der Waals surface area contributed by atoms with E-state index in [2.05, 4.69) is 25.8 Å². The van der Waals surface area contributed by atoms with E-state index in [1.165, 1.54) is 0 Å². The molecule has 0 fully saturated rings. The highest BCUT2D eigenvalue weighted by molar-refractivity contribution is 5.89. The number of aromatic nitrogens is 1. The van der Waals surface area contributed by atoms with Crippen molar-refractivity contribution in [1.29, 1.82) is 0 Å². The molecule has 94 valence electrons. The molecule has 0 unspecified atom stereocenters. The Morgan fingerprint density at radius 1 is 1.47 bits per heavy atom. The highest BCUT2D eigenvalue weighted by Crippen LogP contribution is 2.18. The summed E-state index contributed by atoms with van der Waals surface area (Å²) in [6.07, 6.45) is 2.41. The molecule has 0 atom stereocenters. The Kier molecular flexibility index (Phi) is 4.63. The summed E-state index contributed by atoms with van der Waals surface area (Å²) in [5.74, 6) is -0.314. The second kappa shape index (κ2) is 5.77. The molecule has 0 aromatic carbocycles. The van der Waals surface area contributed by atoms with Crippen LogP contribution in [0.15, 0.2) is 18.3 Å². The molecule has 1 heterocycles. The van der Waals surface area contributed by atoms with Crippen molar-refractivity contribution < 1.29 is 9.53 Å². The van der Waals surface area contributed by atoms with Gasteiger partial charge in [-0.2, -0.15) is 0 Å². The first-order valence-electron chi connectivity index (χ1n) is 5.74. The zero-order valence-electron chi connectivity index (χ0n) is 10.7. The van der Waals surface area contributed by atoms with Crippen LogP contribution in [0.3, 0.4) is 0 Å². The molecule has 0 aliphatic carbocycles. The van der Waals surface area contributed by atoms with Crippen LogP contribution in [0.4, 0.5) is 0 Å². The summed E-state index contributed by atoms with van der Waals surface area (Å²) in [6.45, 7) is 7.09. The van der Waals surface area contributed by atoms with Crippen LogP contribution in [0.25, 0.3) is 0 Å². The lowest BCUT2D eigenvalue weighted by Crippen LogP contribution is -2.13. The van der Waals surface area contributed by atoms with Gasteiger partial charge in [-0.1, -0.05) is 20.8 Å². The molecule has 0 spiro atoms. The van der Waals surface area contributed by atoms with Crippen molar-refractivity contribution >= 4 is 5.97 Å². The lowest BCUT2D eigenvalue weighted by molar-refractivity contribution is 0.0464. The maximum atomic E-state index is 11.7. The molecular formula is C13H20N2O2. The summed E-state index contributed by atoms with van der Waals surface area (Å²) in [7, 11) is 0. The Morgan fingerprint density at radius 3 is 2.76 bits per heavy atom. The molecule has 0 saturated heterocycles. The standard InChI is InChI=1S/C13H20N2O2/c1-13(2,3)5-7-17-12(16)10-4-6-15-11(8-10)9-14/h4,6,8H,5,7,9,14H2,1-3H3. The van der Waals surface area contributed by atoms with Gasteiger partial charge in [0.15, 0.2) is 0 Å². The molecule has 0 aliphatic rings. The zero-order valence-corrected chi connectivity index (χ0v) is 10.7. The smallest absolute Gasteiger partial charge is 0.338 e. The number of carbonyl (C=O) groups excluding carboxylic acids is 1. The first-order valence-corrected chi connectivity index (χ1v) is 5.74. The van der Waals surface area contributed by atoms with Crippen LogP contribution >= 0.6 is 0 Å². The Labute approximate surface area is 102 Å². The molecule has 17 heavy (non-hydrogen) atoms. The minimum absolute atomic E-state index is 0.168. The van der Waals surface area contributed by atoms with E-state index in [1.807, 2.05) is 0 Å². The molecule has 4 heteroatoms. The molecule has 0 saturated carbocycles. The van der Waals surface area contributed by atoms with Crippen LogP contribution in [-0.4, -0.2) is 17.6 Å². The maximum absolute atomic E-state index is 11.7. The van der Waals surface area contributed by atoms with E-state index in [1.54, 1.807) is 18.3 Å². The van der Waals surface area contributed by atoms with Crippen molar-refractivity contribution in [1.82, 2.24) is 4.98 Å². The maximum Gasteiger partial charge on any atom is 0.338 e. The number of nitrogens with two attached hydrogens (primary N) is 1. The summed E-state index contributed by atoms with van der Waals surface area (Å²) in [6, 6.07) is 3.30. The lowest BCUT2D eigenvalue weighted by Gasteiger charge is -2.17. The minimum Gasteiger partial charge on any atom is -0.462 e. The molecule has 4 nitrogen and oxygen atoms in total. The zero-order chi connectivity index (χ0) is 12.9. The van der Waals surface area contributed by atoms with Crippen molar-refractivity contribution in [2.75, 3.05) is 6.61 Å². The van der Waals surface area contributed by atoms with Gasteiger partial charge in [0.05, 0.1) is 17.9 Å². The molecule has 0 aliphatic heterocycles. The third kappa shape index (κ3) is 4.95. The van der Waals surface area contributed by atoms with Crippen LogP contribution in [0.1, 0.15) is 43.2 Å². The molecule has 1 rings (SSSR count). The number of rotatable bonds is 4. The molecule has 2 N–H and O–H groups in total. The van der Waals surface area contributed by atoms with Gasteiger partial charge in [-0.05, 0) is 24.0 Å². The van der Waals surface area contributed by atoms with Crippen LogP contribution in [0.2, 0.25) is 0 Å². The van der Waals surface area contributed by atoms with Gasteiger partial charge < -0.3 is 10.5 Å². The third-order valence-electron chi connectivity index (χ3n) is 2.35. The van der Waals surface area contributed by atoms with E-state index in [4.69, 9.17) is 10.5 Å². The SMILES string of the molecule is CC(C)(C)CCOC(=O)c1ccnc(CN)c1. The number of hydrogen-bond acceptors (Lipinski definition) is 4. The first kappa shape index (κ1) is 13.6. The fourth-order valence-corrected chi connectivity index (χ4v) is 1.25. The Hall–Kier alpha value is -1.42. The summed E-state index contributed by atoms with van der Waals surface area (Å²) < 4.78 is 5.20. The molecule has 0 amide bonds.